The second-order valence-electron chi connectivity index (χ2n) is 8.06. The minimum Gasteiger partial charge on any atom is -0.362 e. The predicted octanol–water partition coefficient (Wildman–Crippen LogP) is 5.07. The zero-order valence-corrected chi connectivity index (χ0v) is 18.6. The first kappa shape index (κ1) is 21.4. The number of halogens is 3. The van der Waals surface area contributed by atoms with Crippen molar-refractivity contribution in [2.24, 2.45) is 5.92 Å². The van der Waals surface area contributed by atoms with Crippen molar-refractivity contribution in [3.63, 3.8) is 0 Å². The molecule has 6 nitrogen and oxygen atoms in total. The Morgan fingerprint density at radius 1 is 1.21 bits per heavy atom. The van der Waals surface area contributed by atoms with Crippen LogP contribution in [0.3, 0.4) is 0 Å². The van der Waals surface area contributed by atoms with E-state index in [1.807, 2.05) is 13.0 Å². The lowest BCUT2D eigenvalue weighted by Crippen LogP contribution is -2.30. The van der Waals surface area contributed by atoms with E-state index in [9.17, 15) is 13.2 Å². The largest absolute Gasteiger partial charge is 0.362 e. The second-order valence-corrected chi connectivity index (χ2v) is 8.84. The molecule has 4 aromatic rings. The van der Waals surface area contributed by atoms with E-state index in [2.05, 4.69) is 37.3 Å². The maximum absolute atomic E-state index is 14.4. The van der Waals surface area contributed by atoms with Crippen LogP contribution >= 0.6 is 11.5 Å². The number of hydrogen-bond acceptors (Lipinski definition) is 6. The van der Waals surface area contributed by atoms with Crippen LogP contribution in [0, 0.1) is 30.3 Å². The Kier molecular flexibility index (Phi) is 5.53. The molecule has 2 unspecified atom stereocenters. The van der Waals surface area contributed by atoms with Gasteiger partial charge < -0.3 is 10.2 Å². The van der Waals surface area contributed by atoms with Gasteiger partial charge in [0.1, 0.15) is 5.00 Å². The van der Waals surface area contributed by atoms with Crippen LogP contribution < -0.4 is 10.2 Å². The smallest absolute Gasteiger partial charge is 0.243 e. The van der Waals surface area contributed by atoms with Gasteiger partial charge in [0.2, 0.25) is 5.95 Å². The van der Waals surface area contributed by atoms with Gasteiger partial charge in [-0.3, -0.25) is 0 Å². The highest BCUT2D eigenvalue weighted by Gasteiger charge is 2.30. The molecule has 33 heavy (non-hydrogen) atoms. The monoisotopic (exact) mass is 470 g/mol. The van der Waals surface area contributed by atoms with Gasteiger partial charge in [0, 0.05) is 36.3 Å². The first-order valence-electron chi connectivity index (χ1n) is 10.5. The Balaban J connectivity index is 1.40. The van der Waals surface area contributed by atoms with Crippen molar-refractivity contribution in [1.82, 2.24) is 19.0 Å². The molecule has 1 aromatic carbocycles. The molecule has 0 saturated carbocycles. The standard InChI is InChI=1S/C23H21F3N6S/c1-3-18(14-8-10-31(12-14)19-11-13(2)30-33-19)27-23-28-22-16(5-4-9-32(22)29-23)15-6-7-17(24)21(26)20(15)25/h3-7,9,11,14,18H,1,8,10,12H2,2H3,(H,27,29). The summed E-state index contributed by atoms with van der Waals surface area (Å²) in [5, 5.41) is 8.92. The summed E-state index contributed by atoms with van der Waals surface area (Å²) in [6.45, 7) is 7.73. The third-order valence-electron chi connectivity index (χ3n) is 5.90. The molecule has 5 rings (SSSR count). The van der Waals surface area contributed by atoms with Crippen molar-refractivity contribution in [1.29, 1.82) is 0 Å². The molecule has 0 amide bonds. The number of rotatable bonds is 6. The van der Waals surface area contributed by atoms with E-state index in [-0.39, 0.29) is 11.6 Å². The highest BCUT2D eigenvalue weighted by molar-refractivity contribution is 7.10. The molecule has 1 aliphatic heterocycles. The van der Waals surface area contributed by atoms with Gasteiger partial charge in [-0.1, -0.05) is 6.08 Å². The molecule has 1 N–H and O–H groups in total. The average molecular weight is 471 g/mol. The zero-order valence-electron chi connectivity index (χ0n) is 17.8. The third-order valence-corrected chi connectivity index (χ3v) is 6.84. The summed E-state index contributed by atoms with van der Waals surface area (Å²) in [5.74, 6) is -3.36. The van der Waals surface area contributed by atoms with Crippen molar-refractivity contribution in [3.8, 4) is 11.1 Å². The van der Waals surface area contributed by atoms with E-state index in [0.717, 1.165) is 36.3 Å². The third kappa shape index (κ3) is 3.95. The topological polar surface area (TPSA) is 58.4 Å². The Labute approximate surface area is 192 Å². The van der Waals surface area contributed by atoms with Crippen molar-refractivity contribution in [2.45, 2.75) is 19.4 Å². The maximum atomic E-state index is 14.4. The number of nitrogens with one attached hydrogen (secondary N) is 1. The van der Waals surface area contributed by atoms with E-state index in [4.69, 9.17) is 0 Å². The highest BCUT2D eigenvalue weighted by Crippen LogP contribution is 2.32. The lowest BCUT2D eigenvalue weighted by molar-refractivity contribution is 0.449. The zero-order chi connectivity index (χ0) is 23.1. The van der Waals surface area contributed by atoms with E-state index < -0.39 is 17.5 Å². The van der Waals surface area contributed by atoms with E-state index in [1.165, 1.54) is 22.1 Å². The van der Waals surface area contributed by atoms with Crippen LogP contribution in [0.5, 0.6) is 0 Å². The molecule has 10 heteroatoms. The minimum absolute atomic E-state index is 0.0787. The lowest BCUT2D eigenvalue weighted by Gasteiger charge is -2.21. The molecule has 1 fully saturated rings. The number of aromatic nitrogens is 4. The van der Waals surface area contributed by atoms with Crippen LogP contribution in [-0.2, 0) is 0 Å². The van der Waals surface area contributed by atoms with Gasteiger partial charge in [-0.25, -0.2) is 17.7 Å². The summed E-state index contributed by atoms with van der Waals surface area (Å²) in [6.07, 6.45) is 4.48. The van der Waals surface area contributed by atoms with Crippen molar-refractivity contribution < 1.29 is 13.2 Å². The quantitative estimate of drug-likeness (QED) is 0.315. The van der Waals surface area contributed by atoms with Crippen LogP contribution in [0.1, 0.15) is 12.1 Å². The summed E-state index contributed by atoms with van der Waals surface area (Å²) in [7, 11) is 0. The van der Waals surface area contributed by atoms with Crippen LogP contribution in [0.15, 0.2) is 49.2 Å². The van der Waals surface area contributed by atoms with Crippen LogP contribution in [0.4, 0.5) is 24.1 Å². The normalized spacial score (nSPS) is 17.0. The first-order chi connectivity index (χ1) is 15.9. The minimum atomic E-state index is -1.51. The summed E-state index contributed by atoms with van der Waals surface area (Å²) in [4.78, 5) is 6.82. The van der Waals surface area contributed by atoms with E-state index in [1.54, 1.807) is 18.3 Å². The number of hydrogen-bond donors (Lipinski definition) is 1. The van der Waals surface area contributed by atoms with Crippen molar-refractivity contribution in [2.75, 3.05) is 23.3 Å². The van der Waals surface area contributed by atoms with Crippen molar-refractivity contribution >= 4 is 28.1 Å². The number of aryl methyl sites for hydroxylation is 1. The molecule has 3 aromatic heterocycles. The average Bonchev–Trinajstić information content (AvgIpc) is 3.55. The first-order valence-corrected chi connectivity index (χ1v) is 11.3. The lowest BCUT2D eigenvalue weighted by atomic mass is 9.99. The SMILES string of the molecule is C=CC(Nc1nc2c(-c3ccc(F)c(F)c3F)cccn2n1)C1CCN(c2cc(C)ns2)C1. The van der Waals surface area contributed by atoms with Crippen LogP contribution in [-0.4, -0.2) is 38.1 Å². The van der Waals surface area contributed by atoms with Crippen molar-refractivity contribution in [3.05, 3.63) is 72.3 Å². The summed E-state index contributed by atoms with van der Waals surface area (Å²) in [5.41, 5.74) is 1.59. The molecule has 0 bridgehead atoms. The fourth-order valence-corrected chi connectivity index (χ4v) is 5.00. The Morgan fingerprint density at radius 3 is 2.82 bits per heavy atom. The second kappa shape index (κ2) is 8.51. The Bertz CT molecular complexity index is 1330. The van der Waals surface area contributed by atoms with Gasteiger partial charge in [0.15, 0.2) is 23.1 Å². The van der Waals surface area contributed by atoms with Gasteiger partial charge in [0.25, 0.3) is 0 Å². The molecule has 170 valence electrons. The highest BCUT2D eigenvalue weighted by atomic mass is 32.1. The fraction of sp³-hybridized carbons (Fsp3) is 0.261. The van der Waals surface area contributed by atoms with Gasteiger partial charge >= 0.3 is 0 Å². The van der Waals surface area contributed by atoms with Gasteiger partial charge in [-0.05, 0) is 55.2 Å². The molecule has 1 saturated heterocycles. The molecule has 4 heterocycles. The molecule has 0 aliphatic carbocycles. The molecule has 2 atom stereocenters. The van der Waals surface area contributed by atoms with E-state index in [0.29, 0.717) is 23.1 Å². The Hall–Kier alpha value is -3.40. The Morgan fingerprint density at radius 2 is 2.06 bits per heavy atom. The number of fused-ring (bicyclic) bond motifs is 1. The predicted molar refractivity (Wildman–Crippen MR) is 123 cm³/mol. The molecule has 1 aliphatic rings. The molecule has 0 radical (unpaired) electrons. The number of pyridine rings is 1. The number of benzene rings is 1. The van der Waals surface area contributed by atoms with Crippen LogP contribution in [0.25, 0.3) is 16.8 Å². The van der Waals surface area contributed by atoms with Gasteiger partial charge in [-0.15, -0.1) is 11.7 Å². The summed E-state index contributed by atoms with van der Waals surface area (Å²) < 4.78 is 47.5. The summed E-state index contributed by atoms with van der Waals surface area (Å²) in [6, 6.07) is 7.36. The van der Waals surface area contributed by atoms with Crippen LogP contribution in [0.2, 0.25) is 0 Å². The summed E-state index contributed by atoms with van der Waals surface area (Å²) >= 11 is 1.50. The fourth-order valence-electron chi connectivity index (χ4n) is 4.21. The maximum Gasteiger partial charge on any atom is 0.243 e. The van der Waals surface area contributed by atoms with Gasteiger partial charge in [0.05, 0.1) is 11.7 Å². The van der Waals surface area contributed by atoms with E-state index >= 15 is 0 Å². The van der Waals surface area contributed by atoms with Gasteiger partial charge in [-0.2, -0.15) is 9.36 Å². The molecular weight excluding hydrogens is 449 g/mol. The number of anilines is 2. The molecular formula is C23H21F3N6S. The number of nitrogens with zero attached hydrogens (tertiary/aromatic N) is 5. The molecule has 0 spiro atoms.